The van der Waals surface area contributed by atoms with Crippen molar-refractivity contribution in [2.45, 2.75) is 0 Å². The second kappa shape index (κ2) is 6.80. The Morgan fingerprint density at radius 1 is 1.48 bits per heavy atom. The van der Waals surface area contributed by atoms with Crippen LogP contribution in [0.25, 0.3) is 0 Å². The molecule has 108 valence electrons. The number of nitrogens with one attached hydrogen (secondary N) is 1. The second-order valence-electron chi connectivity index (χ2n) is 3.84. The zero-order chi connectivity index (χ0) is 15.2. The summed E-state index contributed by atoms with van der Waals surface area (Å²) in [4.78, 5) is 19.3. The number of phenolic OH excluding ortho intramolecular Hbond substituents is 1. The van der Waals surface area contributed by atoms with E-state index in [-0.39, 0.29) is 11.4 Å². The van der Waals surface area contributed by atoms with Crippen molar-refractivity contribution in [3.63, 3.8) is 0 Å². The molecule has 2 aromatic rings. The predicted octanol–water partition coefficient (Wildman–Crippen LogP) is 1.72. The summed E-state index contributed by atoms with van der Waals surface area (Å²) in [6.07, 6.45) is 5.65. The van der Waals surface area contributed by atoms with Crippen molar-refractivity contribution in [1.82, 2.24) is 15.4 Å². The normalized spacial score (nSPS) is 10.6. The third-order valence-electron chi connectivity index (χ3n) is 2.45. The van der Waals surface area contributed by atoms with Gasteiger partial charge in [0.1, 0.15) is 5.69 Å². The zero-order valence-corrected chi connectivity index (χ0v) is 12.5. The van der Waals surface area contributed by atoms with Crippen molar-refractivity contribution in [3.05, 3.63) is 46.5 Å². The zero-order valence-electron chi connectivity index (χ0n) is 10.9. The highest BCUT2D eigenvalue weighted by Gasteiger charge is 2.08. The first kappa shape index (κ1) is 14.9. The van der Waals surface area contributed by atoms with E-state index < -0.39 is 5.91 Å². The molecule has 2 N–H and O–H groups in total. The number of methoxy groups -OCH3 is 1. The number of amides is 1. The summed E-state index contributed by atoms with van der Waals surface area (Å²) < 4.78 is 5.48. The highest BCUT2D eigenvalue weighted by Crippen LogP contribution is 2.34. The van der Waals surface area contributed by atoms with Gasteiger partial charge >= 0.3 is 0 Å². The smallest absolute Gasteiger partial charge is 0.291 e. The summed E-state index contributed by atoms with van der Waals surface area (Å²) in [5.41, 5.74) is 3.13. The van der Waals surface area contributed by atoms with Crippen molar-refractivity contribution >= 4 is 28.1 Å². The first-order valence-corrected chi connectivity index (χ1v) is 6.57. The molecule has 0 saturated heterocycles. The van der Waals surface area contributed by atoms with Crippen molar-refractivity contribution in [2.75, 3.05) is 7.11 Å². The van der Waals surface area contributed by atoms with E-state index in [1.165, 1.54) is 31.9 Å². The molecule has 1 aromatic carbocycles. The Morgan fingerprint density at radius 2 is 2.29 bits per heavy atom. The number of ether oxygens (including phenoxy) is 1. The number of hydrogen-bond acceptors (Lipinski definition) is 6. The molecule has 0 bridgehead atoms. The minimum Gasteiger partial charge on any atom is -0.503 e. The fourth-order valence-corrected chi connectivity index (χ4v) is 1.92. The summed E-state index contributed by atoms with van der Waals surface area (Å²) in [7, 11) is 1.44. The van der Waals surface area contributed by atoms with Crippen LogP contribution in [0.2, 0.25) is 0 Å². The van der Waals surface area contributed by atoms with Gasteiger partial charge in [-0.25, -0.2) is 10.4 Å². The maximum atomic E-state index is 11.7. The maximum Gasteiger partial charge on any atom is 0.291 e. The van der Waals surface area contributed by atoms with Gasteiger partial charge in [0.2, 0.25) is 0 Å². The van der Waals surface area contributed by atoms with Crippen LogP contribution in [0, 0.1) is 0 Å². The third kappa shape index (κ3) is 3.76. The molecule has 0 fully saturated rings. The summed E-state index contributed by atoms with van der Waals surface area (Å²) in [5, 5.41) is 13.5. The highest BCUT2D eigenvalue weighted by molar-refractivity contribution is 9.10. The standard InChI is InChI=1S/C13H11BrN4O3/c1-21-11-5-8(4-9(14)12(11)19)6-17-18-13(20)10-7-15-2-3-16-10/h2-7,19H,1H3,(H,18,20)/b17-6-. The molecule has 2 rings (SSSR count). The van der Waals surface area contributed by atoms with Crippen molar-refractivity contribution in [3.8, 4) is 11.5 Å². The third-order valence-corrected chi connectivity index (χ3v) is 3.05. The van der Waals surface area contributed by atoms with Gasteiger partial charge in [-0.3, -0.25) is 9.78 Å². The number of hydrazone groups is 1. The maximum absolute atomic E-state index is 11.7. The van der Waals surface area contributed by atoms with Gasteiger partial charge in [0.25, 0.3) is 5.91 Å². The van der Waals surface area contributed by atoms with E-state index >= 15 is 0 Å². The molecule has 0 spiro atoms. The van der Waals surface area contributed by atoms with Crippen LogP contribution in [0.3, 0.4) is 0 Å². The fourth-order valence-electron chi connectivity index (χ4n) is 1.46. The molecule has 21 heavy (non-hydrogen) atoms. The van der Waals surface area contributed by atoms with Crippen LogP contribution in [0.5, 0.6) is 11.5 Å². The Labute approximate surface area is 128 Å². The number of nitrogens with zero attached hydrogens (tertiary/aromatic N) is 3. The molecule has 7 nitrogen and oxygen atoms in total. The van der Waals surface area contributed by atoms with E-state index in [2.05, 4.69) is 36.4 Å². The molecule has 0 unspecified atom stereocenters. The lowest BCUT2D eigenvalue weighted by atomic mass is 10.2. The molecule has 0 aliphatic carbocycles. The van der Waals surface area contributed by atoms with Crippen LogP contribution in [-0.2, 0) is 0 Å². The van der Waals surface area contributed by atoms with Gasteiger partial charge in [0, 0.05) is 12.4 Å². The second-order valence-corrected chi connectivity index (χ2v) is 4.70. The molecule has 0 atom stereocenters. The summed E-state index contributed by atoms with van der Waals surface area (Å²) >= 11 is 3.20. The monoisotopic (exact) mass is 350 g/mol. The van der Waals surface area contributed by atoms with Crippen molar-refractivity contribution < 1.29 is 14.6 Å². The van der Waals surface area contributed by atoms with Crippen LogP contribution in [0.4, 0.5) is 0 Å². The van der Waals surface area contributed by atoms with E-state index in [1.807, 2.05) is 0 Å². The minimum atomic E-state index is -0.468. The Bertz CT molecular complexity index is 677. The number of benzene rings is 1. The first-order chi connectivity index (χ1) is 10.1. The van der Waals surface area contributed by atoms with E-state index in [0.717, 1.165) is 0 Å². The largest absolute Gasteiger partial charge is 0.503 e. The molecule has 8 heteroatoms. The molecule has 0 aliphatic heterocycles. The van der Waals surface area contributed by atoms with Gasteiger partial charge in [-0.15, -0.1) is 0 Å². The van der Waals surface area contributed by atoms with Gasteiger partial charge in [0.15, 0.2) is 11.5 Å². The quantitative estimate of drug-likeness (QED) is 0.646. The topological polar surface area (TPSA) is 96.7 Å². The summed E-state index contributed by atoms with van der Waals surface area (Å²) in [6, 6.07) is 3.22. The average molecular weight is 351 g/mol. The molecular formula is C13H11BrN4O3. The van der Waals surface area contributed by atoms with E-state index in [0.29, 0.717) is 15.8 Å². The molecule has 1 amide bonds. The molecule has 0 saturated carbocycles. The van der Waals surface area contributed by atoms with Crippen LogP contribution in [0.1, 0.15) is 16.1 Å². The number of hydrogen-bond donors (Lipinski definition) is 2. The Balaban J connectivity index is 2.08. The SMILES string of the molecule is COc1cc(/C=N\NC(=O)c2cnccn2)cc(Br)c1O. The number of aromatic hydroxyl groups is 1. The lowest BCUT2D eigenvalue weighted by Gasteiger charge is -2.06. The van der Waals surface area contributed by atoms with Crippen LogP contribution < -0.4 is 10.2 Å². The van der Waals surface area contributed by atoms with E-state index in [1.54, 1.807) is 12.1 Å². The molecule has 0 radical (unpaired) electrons. The van der Waals surface area contributed by atoms with Crippen LogP contribution >= 0.6 is 15.9 Å². The lowest BCUT2D eigenvalue weighted by Crippen LogP contribution is -2.19. The Hall–Kier alpha value is -2.48. The van der Waals surface area contributed by atoms with Gasteiger partial charge in [0.05, 0.1) is 24.0 Å². The number of carbonyl (C=O) groups is 1. The molecular weight excluding hydrogens is 340 g/mol. The van der Waals surface area contributed by atoms with Crippen molar-refractivity contribution in [1.29, 1.82) is 0 Å². The summed E-state index contributed by atoms with van der Waals surface area (Å²) in [5.74, 6) is -0.173. The molecule has 1 heterocycles. The number of aromatic nitrogens is 2. The lowest BCUT2D eigenvalue weighted by molar-refractivity contribution is 0.0949. The van der Waals surface area contributed by atoms with Gasteiger partial charge in [-0.2, -0.15) is 5.10 Å². The van der Waals surface area contributed by atoms with Crippen LogP contribution in [0.15, 0.2) is 40.3 Å². The number of phenols is 1. The van der Waals surface area contributed by atoms with E-state index in [4.69, 9.17) is 4.74 Å². The fraction of sp³-hybridized carbons (Fsp3) is 0.0769. The summed E-state index contributed by atoms with van der Waals surface area (Å²) in [6.45, 7) is 0. The molecule has 0 aliphatic rings. The minimum absolute atomic E-state index is 0.00162. The average Bonchev–Trinajstić information content (AvgIpc) is 2.51. The van der Waals surface area contributed by atoms with Crippen molar-refractivity contribution in [2.24, 2.45) is 5.10 Å². The van der Waals surface area contributed by atoms with E-state index in [9.17, 15) is 9.90 Å². The Morgan fingerprint density at radius 3 is 2.95 bits per heavy atom. The van der Waals surface area contributed by atoms with Gasteiger partial charge in [-0.1, -0.05) is 0 Å². The predicted molar refractivity (Wildman–Crippen MR) is 79.5 cm³/mol. The van der Waals surface area contributed by atoms with Crippen LogP contribution in [-0.4, -0.2) is 34.3 Å². The van der Waals surface area contributed by atoms with Gasteiger partial charge < -0.3 is 9.84 Å². The Kier molecular flexibility index (Phi) is 4.83. The number of halogens is 1. The number of carbonyl (C=O) groups excluding carboxylic acids is 1. The highest BCUT2D eigenvalue weighted by atomic mass is 79.9. The number of rotatable bonds is 4. The first-order valence-electron chi connectivity index (χ1n) is 5.77. The molecule has 1 aromatic heterocycles. The van der Waals surface area contributed by atoms with Gasteiger partial charge in [-0.05, 0) is 33.6 Å².